The summed E-state index contributed by atoms with van der Waals surface area (Å²) >= 11 is 0. The van der Waals surface area contributed by atoms with Crippen molar-refractivity contribution in [3.05, 3.63) is 23.8 Å². The number of likely N-dealkylation sites (tertiary alicyclic amines) is 1. The van der Waals surface area contributed by atoms with Gasteiger partial charge < -0.3 is 24.4 Å². The number of benzene rings is 1. The minimum Gasteiger partial charge on any atom is -0.493 e. The van der Waals surface area contributed by atoms with Crippen molar-refractivity contribution < 1.29 is 19.0 Å². The Balaban J connectivity index is 0.00000320. The second-order valence-electron chi connectivity index (χ2n) is 7.69. The van der Waals surface area contributed by atoms with Crippen LogP contribution >= 0.6 is 24.0 Å². The Morgan fingerprint density at radius 1 is 1.13 bits per heavy atom. The number of nitrogens with zero attached hydrogens (tertiary/aromatic N) is 2. The van der Waals surface area contributed by atoms with E-state index in [1.54, 1.807) is 14.2 Å². The molecule has 2 aliphatic rings. The quantitative estimate of drug-likeness (QED) is 0.262. The Morgan fingerprint density at radius 2 is 1.83 bits per heavy atom. The zero-order chi connectivity index (χ0) is 20.6. The first-order chi connectivity index (χ1) is 14.1. The molecule has 0 spiro atoms. The largest absolute Gasteiger partial charge is 0.493 e. The molecule has 0 amide bonds. The number of hydrogen-bond acceptors (Lipinski definition) is 5. The molecule has 1 aliphatic heterocycles. The Labute approximate surface area is 196 Å². The number of piperidine rings is 1. The number of halogens is 1. The molecule has 0 atom stereocenters. The SMILES string of the molecule is CN=C(NCc1ccc(OC)c(OC2CCCC2)c1)N1CCC(C(=O)OC)CC1.I. The third-order valence-corrected chi connectivity index (χ3v) is 5.82. The topological polar surface area (TPSA) is 72.4 Å². The van der Waals surface area contributed by atoms with Gasteiger partial charge in [0.1, 0.15) is 0 Å². The molecular weight excluding hydrogens is 497 g/mol. The fourth-order valence-corrected chi connectivity index (χ4v) is 4.12. The Morgan fingerprint density at radius 3 is 2.43 bits per heavy atom. The molecule has 168 valence electrons. The molecule has 1 saturated carbocycles. The predicted octanol–water partition coefficient (Wildman–Crippen LogP) is 3.60. The number of nitrogens with one attached hydrogen (secondary N) is 1. The highest BCUT2D eigenvalue weighted by Gasteiger charge is 2.27. The van der Waals surface area contributed by atoms with Gasteiger partial charge in [-0.05, 0) is 56.2 Å². The van der Waals surface area contributed by atoms with E-state index in [1.165, 1.54) is 20.0 Å². The second kappa shape index (κ2) is 12.2. The average Bonchev–Trinajstić information content (AvgIpc) is 3.27. The molecule has 8 heteroatoms. The number of rotatable bonds is 6. The van der Waals surface area contributed by atoms with Crippen LogP contribution < -0.4 is 14.8 Å². The van der Waals surface area contributed by atoms with Gasteiger partial charge >= 0.3 is 5.97 Å². The van der Waals surface area contributed by atoms with Gasteiger partial charge in [-0.25, -0.2) is 0 Å². The van der Waals surface area contributed by atoms with E-state index < -0.39 is 0 Å². The van der Waals surface area contributed by atoms with Crippen LogP contribution in [0.3, 0.4) is 0 Å². The molecule has 1 N–H and O–H groups in total. The minimum atomic E-state index is -0.111. The maximum atomic E-state index is 11.7. The molecule has 1 heterocycles. The Bertz CT molecular complexity index is 714. The van der Waals surface area contributed by atoms with Crippen molar-refractivity contribution in [3.63, 3.8) is 0 Å². The van der Waals surface area contributed by atoms with Gasteiger partial charge in [0.25, 0.3) is 0 Å². The molecule has 0 aromatic heterocycles. The first-order valence-corrected chi connectivity index (χ1v) is 10.5. The smallest absolute Gasteiger partial charge is 0.308 e. The number of methoxy groups -OCH3 is 2. The summed E-state index contributed by atoms with van der Waals surface area (Å²) in [5.74, 6) is 2.32. The lowest BCUT2D eigenvalue weighted by atomic mass is 9.97. The second-order valence-corrected chi connectivity index (χ2v) is 7.69. The molecule has 7 nitrogen and oxygen atoms in total. The third-order valence-electron chi connectivity index (χ3n) is 5.82. The van der Waals surface area contributed by atoms with Crippen LogP contribution in [0.2, 0.25) is 0 Å². The number of esters is 1. The monoisotopic (exact) mass is 531 g/mol. The standard InChI is InChI=1S/C22H33N3O4.HI/c1-23-22(25-12-10-17(11-13-25)21(26)28-3)24-15-16-8-9-19(27-2)20(14-16)29-18-6-4-5-7-18;/h8-9,14,17-18H,4-7,10-13,15H2,1-3H3,(H,23,24);1H. The summed E-state index contributed by atoms with van der Waals surface area (Å²) in [5, 5.41) is 3.44. The van der Waals surface area contributed by atoms with Crippen molar-refractivity contribution in [3.8, 4) is 11.5 Å². The summed E-state index contributed by atoms with van der Waals surface area (Å²) in [6.45, 7) is 2.23. The van der Waals surface area contributed by atoms with E-state index in [4.69, 9.17) is 14.2 Å². The Kier molecular flexibility index (Phi) is 10.0. The third kappa shape index (κ3) is 6.39. The molecule has 2 fully saturated rings. The van der Waals surface area contributed by atoms with Crippen molar-refractivity contribution >= 4 is 35.9 Å². The van der Waals surface area contributed by atoms with Crippen molar-refractivity contribution in [1.82, 2.24) is 10.2 Å². The molecule has 0 radical (unpaired) electrons. The predicted molar refractivity (Wildman–Crippen MR) is 128 cm³/mol. The number of ether oxygens (including phenoxy) is 3. The minimum absolute atomic E-state index is 0. The van der Waals surface area contributed by atoms with E-state index >= 15 is 0 Å². The maximum absolute atomic E-state index is 11.7. The van der Waals surface area contributed by atoms with Crippen LogP contribution in [0.15, 0.2) is 23.2 Å². The zero-order valence-corrected chi connectivity index (χ0v) is 20.5. The average molecular weight is 531 g/mol. The van der Waals surface area contributed by atoms with Gasteiger partial charge in [-0.3, -0.25) is 9.79 Å². The van der Waals surface area contributed by atoms with Gasteiger partial charge in [-0.2, -0.15) is 0 Å². The Hall–Kier alpha value is -1.71. The van der Waals surface area contributed by atoms with Gasteiger partial charge in [-0.1, -0.05) is 6.07 Å². The van der Waals surface area contributed by atoms with Crippen molar-refractivity contribution in [2.75, 3.05) is 34.4 Å². The summed E-state index contributed by atoms with van der Waals surface area (Å²) in [6, 6.07) is 6.07. The lowest BCUT2D eigenvalue weighted by Crippen LogP contribution is -2.46. The molecule has 30 heavy (non-hydrogen) atoms. The maximum Gasteiger partial charge on any atom is 0.308 e. The highest BCUT2D eigenvalue weighted by Crippen LogP contribution is 2.32. The summed E-state index contributed by atoms with van der Waals surface area (Å²) in [7, 11) is 4.92. The van der Waals surface area contributed by atoms with E-state index in [1.807, 2.05) is 12.1 Å². The molecule has 1 saturated heterocycles. The zero-order valence-electron chi connectivity index (χ0n) is 18.2. The van der Waals surface area contributed by atoms with Gasteiger partial charge in [0, 0.05) is 26.7 Å². The van der Waals surface area contributed by atoms with Crippen molar-refractivity contribution in [2.24, 2.45) is 10.9 Å². The summed E-state index contributed by atoms with van der Waals surface area (Å²) in [5.41, 5.74) is 1.12. The highest BCUT2D eigenvalue weighted by atomic mass is 127. The van der Waals surface area contributed by atoms with Crippen LogP contribution in [0.5, 0.6) is 11.5 Å². The molecule has 1 aromatic rings. The summed E-state index contributed by atoms with van der Waals surface area (Å²) in [4.78, 5) is 18.3. The molecule has 1 aliphatic carbocycles. The van der Waals surface area contributed by atoms with Crippen LogP contribution in [-0.4, -0.2) is 57.3 Å². The lowest BCUT2D eigenvalue weighted by molar-refractivity contribution is -0.146. The number of carbonyl (C=O) groups is 1. The molecule has 3 rings (SSSR count). The molecule has 1 aromatic carbocycles. The van der Waals surface area contributed by atoms with Crippen LogP contribution in [0.1, 0.15) is 44.1 Å². The van der Waals surface area contributed by atoms with E-state index in [0.29, 0.717) is 6.54 Å². The number of aliphatic imine (C=N–C) groups is 1. The van der Waals surface area contributed by atoms with Crippen LogP contribution in [0.4, 0.5) is 0 Å². The van der Waals surface area contributed by atoms with Gasteiger partial charge in [0.15, 0.2) is 17.5 Å². The number of hydrogen-bond donors (Lipinski definition) is 1. The van der Waals surface area contributed by atoms with Gasteiger partial charge in [0.2, 0.25) is 0 Å². The van der Waals surface area contributed by atoms with Gasteiger partial charge in [-0.15, -0.1) is 24.0 Å². The van der Waals surface area contributed by atoms with Crippen LogP contribution in [0.25, 0.3) is 0 Å². The van der Waals surface area contributed by atoms with E-state index in [-0.39, 0.29) is 42.0 Å². The number of guanidine groups is 1. The molecule has 0 unspecified atom stereocenters. The summed E-state index contributed by atoms with van der Waals surface area (Å²) < 4.78 is 16.5. The highest BCUT2D eigenvalue weighted by molar-refractivity contribution is 14.0. The fourth-order valence-electron chi connectivity index (χ4n) is 4.12. The normalized spacial score (nSPS) is 18.0. The fraction of sp³-hybridized carbons (Fsp3) is 0.636. The van der Waals surface area contributed by atoms with Crippen LogP contribution in [-0.2, 0) is 16.1 Å². The van der Waals surface area contributed by atoms with E-state index in [9.17, 15) is 4.79 Å². The van der Waals surface area contributed by atoms with Gasteiger partial charge in [0.05, 0.1) is 26.2 Å². The van der Waals surface area contributed by atoms with E-state index in [2.05, 4.69) is 21.3 Å². The lowest BCUT2D eigenvalue weighted by Gasteiger charge is -2.33. The number of carbonyl (C=O) groups excluding carboxylic acids is 1. The molecule has 0 bridgehead atoms. The van der Waals surface area contributed by atoms with Crippen molar-refractivity contribution in [1.29, 1.82) is 0 Å². The summed E-state index contributed by atoms with van der Waals surface area (Å²) in [6.07, 6.45) is 6.55. The van der Waals surface area contributed by atoms with Crippen molar-refractivity contribution in [2.45, 2.75) is 51.2 Å². The molecular formula is C22H34IN3O4. The van der Waals surface area contributed by atoms with E-state index in [0.717, 1.165) is 61.8 Å². The van der Waals surface area contributed by atoms with Crippen LogP contribution in [0, 0.1) is 5.92 Å². The first-order valence-electron chi connectivity index (χ1n) is 10.5. The first kappa shape index (κ1) is 24.6.